The molecule has 0 N–H and O–H groups in total. The van der Waals surface area contributed by atoms with Gasteiger partial charge in [0.25, 0.3) is 5.91 Å². The van der Waals surface area contributed by atoms with Gasteiger partial charge in [-0.25, -0.2) is 0 Å². The second kappa shape index (κ2) is 6.41. The summed E-state index contributed by atoms with van der Waals surface area (Å²) in [6.45, 7) is 3.44. The van der Waals surface area contributed by atoms with Gasteiger partial charge in [-0.1, -0.05) is 68.2 Å². The van der Waals surface area contributed by atoms with Crippen molar-refractivity contribution >= 4 is 46.3 Å². The van der Waals surface area contributed by atoms with E-state index in [1.54, 1.807) is 19.9 Å². The van der Waals surface area contributed by atoms with Gasteiger partial charge >= 0.3 is 0 Å². The Bertz CT molecular complexity index is 611. The zero-order valence-electron chi connectivity index (χ0n) is 11.6. The van der Waals surface area contributed by atoms with Gasteiger partial charge < -0.3 is 9.90 Å². The molecule has 1 aromatic rings. The monoisotopic (exact) mass is 320 g/mol. The van der Waals surface area contributed by atoms with Crippen LogP contribution in [0.4, 0.5) is 0 Å². The van der Waals surface area contributed by atoms with Crippen molar-refractivity contribution in [3.63, 3.8) is 0 Å². The van der Waals surface area contributed by atoms with Crippen LogP contribution in [0, 0.1) is 5.92 Å². The number of carboxylic acid groups (broad SMARTS) is 1. The van der Waals surface area contributed by atoms with Crippen LogP contribution in [-0.4, -0.2) is 27.1 Å². The molecule has 1 heterocycles. The summed E-state index contributed by atoms with van der Waals surface area (Å²) in [6, 6.07) is 8.30. The molecule has 4 nitrogen and oxygen atoms in total. The molecule has 6 heteroatoms. The molecule has 0 aromatic heterocycles. The van der Waals surface area contributed by atoms with Crippen LogP contribution >= 0.6 is 24.0 Å². The van der Waals surface area contributed by atoms with Gasteiger partial charge in [-0.3, -0.25) is 9.69 Å². The molecule has 1 aliphatic heterocycles. The zero-order chi connectivity index (χ0) is 15.6. The fourth-order valence-corrected chi connectivity index (χ4v) is 3.43. The van der Waals surface area contributed by atoms with Gasteiger partial charge in [0.15, 0.2) is 0 Å². The van der Waals surface area contributed by atoms with Crippen molar-refractivity contribution in [2.24, 2.45) is 5.92 Å². The normalized spacial score (nSPS) is 18.6. The first kappa shape index (κ1) is 15.7. The number of carbonyl (C=O) groups is 2. The van der Waals surface area contributed by atoms with Crippen LogP contribution in [0.3, 0.4) is 0 Å². The van der Waals surface area contributed by atoms with Crippen molar-refractivity contribution < 1.29 is 14.7 Å². The molecule has 0 spiro atoms. The van der Waals surface area contributed by atoms with Crippen LogP contribution in [-0.2, 0) is 9.59 Å². The molecule has 0 aliphatic carbocycles. The molecule has 0 saturated carbocycles. The van der Waals surface area contributed by atoms with Gasteiger partial charge in [0.1, 0.15) is 4.32 Å². The fourth-order valence-electron chi connectivity index (χ4n) is 2.10. The maximum atomic E-state index is 12.4. The van der Waals surface area contributed by atoms with Gasteiger partial charge in [-0.05, 0) is 17.6 Å². The number of benzene rings is 1. The number of hydrogen-bond donors (Lipinski definition) is 0. The molecular weight excluding hydrogens is 306 g/mol. The lowest BCUT2D eigenvalue weighted by atomic mass is 10.0. The van der Waals surface area contributed by atoms with Crippen LogP contribution in [0.5, 0.6) is 0 Å². The minimum absolute atomic E-state index is 0.255. The Morgan fingerprint density at radius 3 is 2.48 bits per heavy atom. The Hall–Kier alpha value is -1.66. The third-order valence-electron chi connectivity index (χ3n) is 3.07. The van der Waals surface area contributed by atoms with Gasteiger partial charge in [-0.2, -0.15) is 0 Å². The van der Waals surface area contributed by atoms with E-state index in [9.17, 15) is 14.7 Å². The molecule has 0 radical (unpaired) electrons. The molecule has 21 heavy (non-hydrogen) atoms. The molecule has 0 unspecified atom stereocenters. The van der Waals surface area contributed by atoms with Crippen molar-refractivity contribution in [3.05, 3.63) is 40.8 Å². The minimum Gasteiger partial charge on any atom is -0.548 e. The fraction of sp³-hybridized carbons (Fsp3) is 0.267. The van der Waals surface area contributed by atoms with Gasteiger partial charge in [0.05, 0.1) is 16.9 Å². The molecule has 1 saturated heterocycles. The maximum absolute atomic E-state index is 12.4. The third-order valence-corrected chi connectivity index (χ3v) is 4.40. The average molecular weight is 320 g/mol. The van der Waals surface area contributed by atoms with Crippen LogP contribution in [0.25, 0.3) is 6.08 Å². The standard InChI is InChI=1S/C15H15NO3S2/c1-9(2)12(14(18)19)16-13(17)11(21-15(16)20)8-10-6-4-3-5-7-10/h3-9,12H,1-2H3,(H,18,19)/p-1/b11-8-/t12-/m0/s1. The smallest absolute Gasteiger partial charge is 0.266 e. The SMILES string of the molecule is CC(C)[C@@H](C(=O)[O-])N1C(=O)/C(=C/c2ccccc2)SC1=S. The zero-order valence-corrected chi connectivity index (χ0v) is 13.2. The molecule has 1 fully saturated rings. The first-order valence-corrected chi connectivity index (χ1v) is 7.67. The van der Waals surface area contributed by atoms with Crippen LogP contribution in [0.15, 0.2) is 35.2 Å². The van der Waals surface area contributed by atoms with Crippen LogP contribution in [0.1, 0.15) is 19.4 Å². The summed E-state index contributed by atoms with van der Waals surface area (Å²) >= 11 is 6.28. The second-order valence-electron chi connectivity index (χ2n) is 4.97. The van der Waals surface area contributed by atoms with E-state index in [0.29, 0.717) is 4.91 Å². The van der Waals surface area contributed by atoms with E-state index < -0.39 is 12.0 Å². The van der Waals surface area contributed by atoms with E-state index in [0.717, 1.165) is 22.2 Å². The van der Waals surface area contributed by atoms with Crippen molar-refractivity contribution in [3.8, 4) is 0 Å². The Balaban J connectivity index is 2.32. The number of thioether (sulfide) groups is 1. The molecule has 1 aromatic carbocycles. The van der Waals surface area contributed by atoms with E-state index in [4.69, 9.17) is 12.2 Å². The highest BCUT2D eigenvalue weighted by Gasteiger charge is 2.38. The predicted molar refractivity (Wildman–Crippen MR) is 85.1 cm³/mol. The second-order valence-corrected chi connectivity index (χ2v) is 6.65. The molecule has 0 bridgehead atoms. The van der Waals surface area contributed by atoms with Crippen LogP contribution < -0.4 is 5.11 Å². The van der Waals surface area contributed by atoms with Crippen molar-refractivity contribution in [1.29, 1.82) is 0 Å². The Labute approximate surface area is 132 Å². The number of aliphatic carboxylic acids is 1. The quantitative estimate of drug-likeness (QED) is 0.624. The summed E-state index contributed by atoms with van der Waals surface area (Å²) in [5.74, 6) is -1.95. The van der Waals surface area contributed by atoms with E-state index in [1.165, 1.54) is 0 Å². The number of rotatable bonds is 4. The highest BCUT2D eigenvalue weighted by atomic mass is 32.2. The molecule has 110 valence electrons. The van der Waals surface area contributed by atoms with E-state index in [1.807, 2.05) is 30.3 Å². The summed E-state index contributed by atoms with van der Waals surface area (Å²) in [4.78, 5) is 25.3. The Kier molecular flexibility index (Phi) is 4.80. The maximum Gasteiger partial charge on any atom is 0.266 e. The van der Waals surface area contributed by atoms with E-state index in [2.05, 4.69) is 0 Å². The summed E-state index contributed by atoms with van der Waals surface area (Å²) in [5.41, 5.74) is 0.868. The number of carboxylic acids is 1. The molecule has 2 rings (SSSR count). The van der Waals surface area contributed by atoms with E-state index in [-0.39, 0.29) is 16.1 Å². The molecule has 1 atom stereocenters. The highest BCUT2D eigenvalue weighted by molar-refractivity contribution is 8.26. The van der Waals surface area contributed by atoms with Gasteiger partial charge in [0, 0.05) is 0 Å². The van der Waals surface area contributed by atoms with Crippen LogP contribution in [0.2, 0.25) is 0 Å². The summed E-state index contributed by atoms with van der Waals surface area (Å²) in [7, 11) is 0. The molecule has 1 aliphatic rings. The minimum atomic E-state index is -1.29. The molecule has 1 amide bonds. The van der Waals surface area contributed by atoms with Crippen molar-refractivity contribution in [2.45, 2.75) is 19.9 Å². The first-order valence-electron chi connectivity index (χ1n) is 6.44. The first-order chi connectivity index (χ1) is 9.91. The lowest BCUT2D eigenvalue weighted by Crippen LogP contribution is -2.52. The summed E-state index contributed by atoms with van der Waals surface area (Å²) in [5, 5.41) is 11.3. The topological polar surface area (TPSA) is 60.4 Å². The number of thiocarbonyl (C=S) groups is 1. The number of amides is 1. The third kappa shape index (κ3) is 3.33. The van der Waals surface area contributed by atoms with Crippen molar-refractivity contribution in [2.75, 3.05) is 0 Å². The number of carbonyl (C=O) groups excluding carboxylic acids is 2. The average Bonchev–Trinajstić information content (AvgIpc) is 2.67. The summed E-state index contributed by atoms with van der Waals surface area (Å²) < 4.78 is 0.255. The largest absolute Gasteiger partial charge is 0.548 e. The summed E-state index contributed by atoms with van der Waals surface area (Å²) in [6.07, 6.45) is 1.71. The van der Waals surface area contributed by atoms with Gasteiger partial charge in [-0.15, -0.1) is 0 Å². The Morgan fingerprint density at radius 1 is 1.33 bits per heavy atom. The molecular formula is C15H14NO3S2-. The van der Waals surface area contributed by atoms with Crippen molar-refractivity contribution in [1.82, 2.24) is 4.90 Å². The highest BCUT2D eigenvalue weighted by Crippen LogP contribution is 2.35. The lowest BCUT2D eigenvalue weighted by Gasteiger charge is -2.30. The predicted octanol–water partition coefficient (Wildman–Crippen LogP) is 1.66. The Morgan fingerprint density at radius 2 is 1.95 bits per heavy atom. The number of hydrogen-bond acceptors (Lipinski definition) is 5. The lowest BCUT2D eigenvalue weighted by molar-refractivity contribution is -0.311. The van der Waals surface area contributed by atoms with E-state index >= 15 is 0 Å². The number of nitrogens with zero attached hydrogens (tertiary/aromatic N) is 1. The van der Waals surface area contributed by atoms with Gasteiger partial charge in [0.2, 0.25) is 0 Å².